The number of rotatable bonds is 3. The standard InChI is InChI=1S/C25H26ClN3O5/c1-32-17-5-7-21-18(14-17)23(30)28-20(24(31)29-25(15-27)8-9-25)13-16-4-6-22(19(26)12-16)34-11-3-2-10-33-21/h4-7,12,14,20H,2-3,8-11,13H2,1H3,(H,28,30)(H,29,31). The second kappa shape index (κ2) is 10.2. The number of nitriles is 1. The quantitative estimate of drug-likeness (QED) is 0.692. The smallest absolute Gasteiger partial charge is 0.255 e. The summed E-state index contributed by atoms with van der Waals surface area (Å²) in [6.45, 7) is 0.858. The predicted octanol–water partition coefficient (Wildman–Crippen LogP) is 3.41. The molecule has 1 atom stereocenters. The molecule has 3 aliphatic rings. The first-order chi connectivity index (χ1) is 16.4. The number of ether oxygens (including phenoxy) is 3. The van der Waals surface area contributed by atoms with Crippen LogP contribution in [0.1, 0.15) is 41.6 Å². The van der Waals surface area contributed by atoms with Gasteiger partial charge in [0.1, 0.15) is 28.8 Å². The summed E-state index contributed by atoms with van der Waals surface area (Å²) in [5.41, 5.74) is 0.139. The number of fused-ring (bicyclic) bond motifs is 10. The third-order valence-electron chi connectivity index (χ3n) is 5.87. The van der Waals surface area contributed by atoms with E-state index in [2.05, 4.69) is 16.7 Å². The molecule has 178 valence electrons. The van der Waals surface area contributed by atoms with E-state index in [-0.39, 0.29) is 12.0 Å². The molecule has 1 fully saturated rings. The third-order valence-corrected chi connectivity index (χ3v) is 6.16. The van der Waals surface area contributed by atoms with Crippen molar-refractivity contribution in [3.05, 3.63) is 52.5 Å². The Morgan fingerprint density at radius 2 is 1.88 bits per heavy atom. The summed E-state index contributed by atoms with van der Waals surface area (Å²) in [7, 11) is 1.51. The Bertz CT molecular complexity index is 1130. The van der Waals surface area contributed by atoms with E-state index in [4.69, 9.17) is 25.8 Å². The fourth-order valence-corrected chi connectivity index (χ4v) is 3.95. The molecule has 2 amide bonds. The molecule has 0 radical (unpaired) electrons. The summed E-state index contributed by atoms with van der Waals surface area (Å²) in [4.78, 5) is 26.5. The molecule has 5 rings (SSSR count). The zero-order valence-corrected chi connectivity index (χ0v) is 19.6. The highest BCUT2D eigenvalue weighted by Gasteiger charge is 2.45. The summed E-state index contributed by atoms with van der Waals surface area (Å²) in [5.74, 6) is 0.532. The van der Waals surface area contributed by atoms with Crippen molar-refractivity contribution in [2.24, 2.45) is 0 Å². The molecule has 2 N–H and O–H groups in total. The molecular formula is C25H26ClN3O5. The van der Waals surface area contributed by atoms with Gasteiger partial charge in [0.15, 0.2) is 0 Å². The number of nitrogens with zero attached hydrogens (tertiary/aromatic N) is 1. The van der Waals surface area contributed by atoms with Crippen molar-refractivity contribution >= 4 is 23.4 Å². The van der Waals surface area contributed by atoms with Crippen LogP contribution in [-0.4, -0.2) is 43.7 Å². The van der Waals surface area contributed by atoms with Crippen LogP contribution in [-0.2, 0) is 11.2 Å². The molecule has 1 saturated carbocycles. The first-order valence-corrected chi connectivity index (χ1v) is 11.6. The summed E-state index contributed by atoms with van der Waals surface area (Å²) in [5, 5.41) is 15.4. The van der Waals surface area contributed by atoms with Crippen LogP contribution >= 0.6 is 11.6 Å². The lowest BCUT2D eigenvalue weighted by Gasteiger charge is -2.22. The van der Waals surface area contributed by atoms with Crippen molar-refractivity contribution in [3.63, 3.8) is 0 Å². The Morgan fingerprint density at radius 1 is 1.18 bits per heavy atom. The van der Waals surface area contributed by atoms with Gasteiger partial charge in [-0.2, -0.15) is 5.26 Å². The number of carbonyl (C=O) groups is 2. The predicted molar refractivity (Wildman–Crippen MR) is 125 cm³/mol. The van der Waals surface area contributed by atoms with E-state index in [1.54, 1.807) is 30.3 Å². The highest BCUT2D eigenvalue weighted by Crippen LogP contribution is 2.34. The molecule has 9 heteroatoms. The zero-order valence-electron chi connectivity index (χ0n) is 18.9. The van der Waals surface area contributed by atoms with Gasteiger partial charge in [-0.05, 0) is 61.6 Å². The lowest BCUT2D eigenvalue weighted by atomic mass is 10.0. The van der Waals surface area contributed by atoms with Crippen molar-refractivity contribution in [3.8, 4) is 23.3 Å². The summed E-state index contributed by atoms with van der Waals surface area (Å²) in [6.07, 6.45) is 2.81. The Labute approximate surface area is 203 Å². The minimum Gasteiger partial charge on any atom is -0.497 e. The summed E-state index contributed by atoms with van der Waals surface area (Å²) >= 11 is 6.39. The van der Waals surface area contributed by atoms with Crippen molar-refractivity contribution in [1.82, 2.24) is 10.6 Å². The highest BCUT2D eigenvalue weighted by molar-refractivity contribution is 6.32. The second-order valence-electron chi connectivity index (χ2n) is 8.44. The maximum atomic E-state index is 13.3. The lowest BCUT2D eigenvalue weighted by molar-refractivity contribution is -0.123. The van der Waals surface area contributed by atoms with E-state index >= 15 is 0 Å². The van der Waals surface area contributed by atoms with E-state index in [0.29, 0.717) is 54.7 Å². The molecular weight excluding hydrogens is 458 g/mol. The number of amides is 2. The number of hydrogen-bond acceptors (Lipinski definition) is 6. The maximum absolute atomic E-state index is 13.3. The topological polar surface area (TPSA) is 110 Å². The van der Waals surface area contributed by atoms with Gasteiger partial charge in [-0.15, -0.1) is 0 Å². The number of benzene rings is 2. The van der Waals surface area contributed by atoms with Crippen LogP contribution in [0.2, 0.25) is 5.02 Å². The number of hydrogen-bond donors (Lipinski definition) is 2. The molecule has 0 saturated heterocycles. The number of methoxy groups -OCH3 is 1. The molecule has 0 spiro atoms. The monoisotopic (exact) mass is 483 g/mol. The Kier molecular flexibility index (Phi) is 7.13. The number of nitrogens with one attached hydrogen (secondary N) is 2. The van der Waals surface area contributed by atoms with Crippen LogP contribution < -0.4 is 24.8 Å². The van der Waals surface area contributed by atoms with Crippen LogP contribution in [0.5, 0.6) is 17.2 Å². The maximum Gasteiger partial charge on any atom is 0.255 e. The van der Waals surface area contributed by atoms with Crippen LogP contribution in [0.25, 0.3) is 0 Å². The van der Waals surface area contributed by atoms with Gasteiger partial charge >= 0.3 is 0 Å². The molecule has 34 heavy (non-hydrogen) atoms. The van der Waals surface area contributed by atoms with Gasteiger partial charge in [0.2, 0.25) is 5.91 Å². The lowest BCUT2D eigenvalue weighted by Crippen LogP contribution is -2.51. The van der Waals surface area contributed by atoms with E-state index < -0.39 is 23.4 Å². The molecule has 2 aliphatic heterocycles. The van der Waals surface area contributed by atoms with Crippen LogP contribution in [0.3, 0.4) is 0 Å². The van der Waals surface area contributed by atoms with Gasteiger partial charge in [0.05, 0.1) is 37.0 Å². The number of carbonyl (C=O) groups excluding carboxylic acids is 2. The fourth-order valence-electron chi connectivity index (χ4n) is 3.69. The van der Waals surface area contributed by atoms with Gasteiger partial charge in [0, 0.05) is 6.42 Å². The Balaban J connectivity index is 1.67. The first kappa shape index (κ1) is 23.7. The Hall–Kier alpha value is -3.44. The van der Waals surface area contributed by atoms with Crippen LogP contribution in [0, 0.1) is 11.3 Å². The number of halogens is 1. The molecule has 2 aromatic carbocycles. The van der Waals surface area contributed by atoms with Crippen molar-refractivity contribution in [1.29, 1.82) is 5.26 Å². The van der Waals surface area contributed by atoms with Gasteiger partial charge in [-0.3, -0.25) is 9.59 Å². The SMILES string of the molecule is COc1ccc2c(c1)C(=O)NC(C(=O)NC1(C#N)CC1)Cc1ccc(c(Cl)c1)OCCCCO2. The third kappa shape index (κ3) is 5.54. The van der Waals surface area contributed by atoms with E-state index in [1.165, 1.54) is 7.11 Å². The van der Waals surface area contributed by atoms with E-state index in [9.17, 15) is 14.9 Å². The van der Waals surface area contributed by atoms with Gasteiger partial charge in [-0.25, -0.2) is 0 Å². The summed E-state index contributed by atoms with van der Waals surface area (Å²) in [6, 6.07) is 11.5. The van der Waals surface area contributed by atoms with Crippen LogP contribution in [0.15, 0.2) is 36.4 Å². The van der Waals surface area contributed by atoms with Crippen molar-refractivity contribution in [2.45, 2.75) is 43.7 Å². The minimum atomic E-state index is -0.937. The van der Waals surface area contributed by atoms with Crippen molar-refractivity contribution in [2.75, 3.05) is 20.3 Å². The average molecular weight is 484 g/mol. The van der Waals surface area contributed by atoms with Crippen LogP contribution in [0.4, 0.5) is 0 Å². The van der Waals surface area contributed by atoms with Gasteiger partial charge in [-0.1, -0.05) is 17.7 Å². The second-order valence-corrected chi connectivity index (χ2v) is 8.85. The minimum absolute atomic E-state index is 0.180. The summed E-state index contributed by atoms with van der Waals surface area (Å²) < 4.78 is 16.9. The fraction of sp³-hybridized carbons (Fsp3) is 0.400. The molecule has 2 aromatic rings. The van der Waals surface area contributed by atoms with E-state index in [1.807, 2.05) is 6.07 Å². The average Bonchev–Trinajstić information content (AvgIpc) is 3.61. The molecule has 8 nitrogen and oxygen atoms in total. The molecule has 2 heterocycles. The normalized spacial score (nSPS) is 19.4. The van der Waals surface area contributed by atoms with Gasteiger partial charge < -0.3 is 24.8 Å². The first-order valence-electron chi connectivity index (χ1n) is 11.2. The molecule has 2 bridgehead atoms. The molecule has 0 aromatic heterocycles. The molecule has 1 aliphatic carbocycles. The molecule has 1 unspecified atom stereocenters. The van der Waals surface area contributed by atoms with E-state index in [0.717, 1.165) is 12.0 Å². The Morgan fingerprint density at radius 3 is 2.53 bits per heavy atom. The van der Waals surface area contributed by atoms with Crippen molar-refractivity contribution < 1.29 is 23.8 Å². The highest BCUT2D eigenvalue weighted by atomic mass is 35.5. The van der Waals surface area contributed by atoms with Gasteiger partial charge in [0.25, 0.3) is 5.91 Å². The zero-order chi connectivity index (χ0) is 24.1. The largest absolute Gasteiger partial charge is 0.497 e.